The minimum Gasteiger partial charge on any atom is -0.420 e. The molecule has 2 fully saturated rings. The molecule has 0 bridgehead atoms. The average Bonchev–Trinajstić information content (AvgIpc) is 3.10. The van der Waals surface area contributed by atoms with E-state index in [-0.39, 0.29) is 11.8 Å². The Labute approximate surface area is 133 Å². The Hall–Kier alpha value is -1.69. The van der Waals surface area contributed by atoms with Crippen LogP contribution in [0.15, 0.2) is 16.5 Å². The summed E-state index contributed by atoms with van der Waals surface area (Å²) >= 11 is 1.66. The van der Waals surface area contributed by atoms with Crippen LogP contribution in [0.4, 0.5) is 0 Å². The summed E-state index contributed by atoms with van der Waals surface area (Å²) in [4.78, 5) is 16.5. The van der Waals surface area contributed by atoms with Gasteiger partial charge >= 0.3 is 0 Å². The molecule has 0 N–H and O–H groups in total. The van der Waals surface area contributed by atoms with Crippen LogP contribution in [-0.4, -0.2) is 34.1 Å². The Balaban J connectivity index is 1.49. The molecule has 116 valence electrons. The van der Waals surface area contributed by atoms with Gasteiger partial charge in [0, 0.05) is 23.9 Å². The van der Waals surface area contributed by atoms with Gasteiger partial charge in [-0.05, 0) is 44.7 Å². The number of rotatable bonds is 3. The number of nitrogens with zero attached hydrogens (tertiary/aromatic N) is 3. The molecule has 22 heavy (non-hydrogen) atoms. The van der Waals surface area contributed by atoms with Gasteiger partial charge in [0.15, 0.2) is 0 Å². The first-order chi connectivity index (χ1) is 10.7. The Morgan fingerprint density at radius 3 is 2.91 bits per heavy atom. The van der Waals surface area contributed by atoms with Gasteiger partial charge in [0.2, 0.25) is 11.8 Å². The molecular formula is C16H19N3O2S. The van der Waals surface area contributed by atoms with E-state index in [0.717, 1.165) is 43.6 Å². The normalized spacial score (nSPS) is 22.0. The highest BCUT2D eigenvalue weighted by atomic mass is 32.1. The second-order valence-corrected chi connectivity index (χ2v) is 7.54. The monoisotopic (exact) mass is 317 g/mol. The van der Waals surface area contributed by atoms with Crippen LogP contribution in [0.25, 0.3) is 10.8 Å². The van der Waals surface area contributed by atoms with Crippen LogP contribution < -0.4 is 0 Å². The third kappa shape index (κ3) is 2.67. The molecule has 0 radical (unpaired) electrons. The fraction of sp³-hybridized carbons (Fsp3) is 0.562. The zero-order chi connectivity index (χ0) is 15.1. The number of aromatic nitrogens is 2. The molecule has 1 saturated heterocycles. The zero-order valence-electron chi connectivity index (χ0n) is 12.6. The molecule has 1 atom stereocenters. The lowest BCUT2D eigenvalue weighted by Crippen LogP contribution is -2.40. The zero-order valence-corrected chi connectivity index (χ0v) is 13.4. The number of likely N-dealkylation sites (tertiary alicyclic amines) is 1. The molecule has 1 amide bonds. The molecule has 1 saturated carbocycles. The summed E-state index contributed by atoms with van der Waals surface area (Å²) < 4.78 is 5.88. The van der Waals surface area contributed by atoms with E-state index in [1.54, 1.807) is 11.3 Å². The van der Waals surface area contributed by atoms with E-state index in [0.29, 0.717) is 17.7 Å². The highest BCUT2D eigenvalue weighted by Gasteiger charge is 2.36. The third-order valence-electron chi connectivity index (χ3n) is 4.40. The van der Waals surface area contributed by atoms with Crippen LogP contribution in [0.1, 0.15) is 42.4 Å². The number of hydrogen-bond donors (Lipinski definition) is 0. The van der Waals surface area contributed by atoms with Crippen molar-refractivity contribution in [3.8, 4) is 10.8 Å². The second-order valence-electron chi connectivity index (χ2n) is 6.25. The van der Waals surface area contributed by atoms with E-state index in [9.17, 15) is 4.79 Å². The molecule has 2 aromatic rings. The topological polar surface area (TPSA) is 59.2 Å². The summed E-state index contributed by atoms with van der Waals surface area (Å²) in [5, 5.41) is 8.41. The van der Waals surface area contributed by atoms with Gasteiger partial charge in [-0.3, -0.25) is 4.79 Å². The molecule has 2 aromatic heterocycles. The number of thiophene rings is 1. The van der Waals surface area contributed by atoms with Crippen molar-refractivity contribution < 1.29 is 9.21 Å². The van der Waals surface area contributed by atoms with E-state index in [1.165, 1.54) is 4.88 Å². The molecule has 5 nitrogen and oxygen atoms in total. The van der Waals surface area contributed by atoms with Gasteiger partial charge in [-0.1, -0.05) is 0 Å². The van der Waals surface area contributed by atoms with Gasteiger partial charge < -0.3 is 9.32 Å². The van der Waals surface area contributed by atoms with E-state index in [1.807, 2.05) is 11.0 Å². The molecule has 3 heterocycles. The van der Waals surface area contributed by atoms with E-state index in [2.05, 4.69) is 23.2 Å². The fourth-order valence-corrected chi connectivity index (χ4v) is 3.80. The van der Waals surface area contributed by atoms with Crippen molar-refractivity contribution in [2.24, 2.45) is 5.92 Å². The summed E-state index contributed by atoms with van der Waals surface area (Å²) in [6, 6.07) is 4.07. The van der Waals surface area contributed by atoms with Gasteiger partial charge in [0.25, 0.3) is 5.89 Å². The predicted molar refractivity (Wildman–Crippen MR) is 83.6 cm³/mol. The lowest BCUT2D eigenvalue weighted by Gasteiger charge is -2.31. The molecule has 2 aliphatic rings. The quantitative estimate of drug-likeness (QED) is 0.872. The Morgan fingerprint density at radius 1 is 1.32 bits per heavy atom. The minimum atomic E-state index is 0.179. The summed E-state index contributed by atoms with van der Waals surface area (Å²) in [5.41, 5.74) is 0. The SMILES string of the molecule is Cc1ccc(-c2nnc([C@H]3CCCN(C(=O)C4CC4)C3)o2)s1. The van der Waals surface area contributed by atoms with Crippen LogP contribution in [0.3, 0.4) is 0 Å². The van der Waals surface area contributed by atoms with Crippen molar-refractivity contribution in [1.82, 2.24) is 15.1 Å². The van der Waals surface area contributed by atoms with E-state index >= 15 is 0 Å². The van der Waals surface area contributed by atoms with E-state index in [4.69, 9.17) is 4.42 Å². The largest absolute Gasteiger partial charge is 0.420 e. The summed E-state index contributed by atoms with van der Waals surface area (Å²) in [6.45, 7) is 3.66. The standard InChI is InChI=1S/C16H19N3O2S/c1-10-4-7-13(22-10)15-18-17-14(21-15)12-3-2-8-19(9-12)16(20)11-5-6-11/h4,7,11-12H,2-3,5-6,8-9H2,1H3/t12-/m0/s1. The van der Waals surface area contributed by atoms with Gasteiger partial charge in [-0.2, -0.15) is 0 Å². The van der Waals surface area contributed by atoms with Crippen LogP contribution in [0, 0.1) is 12.8 Å². The number of piperidine rings is 1. The second kappa shape index (κ2) is 5.50. The molecule has 0 aromatic carbocycles. The molecule has 0 spiro atoms. The Morgan fingerprint density at radius 2 is 2.18 bits per heavy atom. The van der Waals surface area contributed by atoms with E-state index < -0.39 is 0 Å². The van der Waals surface area contributed by atoms with Crippen LogP contribution in [0.2, 0.25) is 0 Å². The smallest absolute Gasteiger partial charge is 0.257 e. The minimum absolute atomic E-state index is 0.179. The lowest BCUT2D eigenvalue weighted by molar-refractivity contribution is -0.133. The number of aryl methyl sites for hydroxylation is 1. The van der Waals surface area contributed by atoms with Gasteiger partial charge in [-0.25, -0.2) is 0 Å². The maximum Gasteiger partial charge on any atom is 0.257 e. The van der Waals surface area contributed by atoms with Crippen LogP contribution in [0.5, 0.6) is 0 Å². The lowest BCUT2D eigenvalue weighted by atomic mass is 9.97. The third-order valence-corrected chi connectivity index (χ3v) is 5.39. The highest BCUT2D eigenvalue weighted by molar-refractivity contribution is 7.15. The van der Waals surface area contributed by atoms with Crippen LogP contribution in [-0.2, 0) is 4.79 Å². The average molecular weight is 317 g/mol. The number of amides is 1. The summed E-state index contributed by atoms with van der Waals surface area (Å²) in [7, 11) is 0. The summed E-state index contributed by atoms with van der Waals surface area (Å²) in [5.74, 6) is 2.05. The number of carbonyl (C=O) groups is 1. The first-order valence-electron chi connectivity index (χ1n) is 7.89. The van der Waals surface area contributed by atoms with Crippen molar-refractivity contribution in [3.05, 3.63) is 22.9 Å². The highest BCUT2D eigenvalue weighted by Crippen LogP contribution is 2.35. The molecule has 1 aliphatic heterocycles. The first-order valence-corrected chi connectivity index (χ1v) is 8.71. The van der Waals surface area contributed by atoms with Crippen molar-refractivity contribution in [3.63, 3.8) is 0 Å². The van der Waals surface area contributed by atoms with Crippen molar-refractivity contribution in [2.75, 3.05) is 13.1 Å². The van der Waals surface area contributed by atoms with Crippen molar-refractivity contribution in [1.29, 1.82) is 0 Å². The predicted octanol–water partition coefficient (Wildman–Crippen LogP) is 3.22. The molecule has 6 heteroatoms. The Kier molecular flexibility index (Phi) is 3.48. The first kappa shape index (κ1) is 13.9. The van der Waals surface area contributed by atoms with Gasteiger partial charge in [0.1, 0.15) is 0 Å². The van der Waals surface area contributed by atoms with Crippen molar-refractivity contribution >= 4 is 17.2 Å². The van der Waals surface area contributed by atoms with Gasteiger partial charge in [0.05, 0.1) is 10.8 Å². The molecule has 1 aliphatic carbocycles. The maximum absolute atomic E-state index is 12.2. The maximum atomic E-state index is 12.2. The van der Waals surface area contributed by atoms with Crippen molar-refractivity contribution in [2.45, 2.75) is 38.5 Å². The van der Waals surface area contributed by atoms with Crippen LogP contribution >= 0.6 is 11.3 Å². The number of hydrogen-bond acceptors (Lipinski definition) is 5. The molecular weight excluding hydrogens is 298 g/mol. The summed E-state index contributed by atoms with van der Waals surface area (Å²) in [6.07, 6.45) is 4.14. The van der Waals surface area contributed by atoms with Gasteiger partial charge in [-0.15, -0.1) is 21.5 Å². The molecule has 0 unspecified atom stereocenters. The Bertz CT molecular complexity index is 689. The number of carbonyl (C=O) groups excluding carboxylic acids is 1. The fourth-order valence-electron chi connectivity index (χ4n) is 3.02. The molecule has 4 rings (SSSR count).